The molecule has 0 amide bonds. The van der Waals surface area contributed by atoms with Crippen LogP contribution >= 0.6 is 0 Å². The summed E-state index contributed by atoms with van der Waals surface area (Å²) in [7, 11) is -10.3. The highest BCUT2D eigenvalue weighted by atomic mass is 28.4. The van der Waals surface area contributed by atoms with Crippen LogP contribution in [0.2, 0.25) is 0 Å². The SMILES string of the molecule is FC(F)(F)O[Si](OC(F)(F)F)(OC(F)(F)F)C(F)(F)C(F)(F)C(F)(F)C(F)(F)C(F)(F)C(F)(F)C(F)(F)F. The summed E-state index contributed by atoms with van der Waals surface area (Å²) in [4.78, 5) is 0. The predicted molar refractivity (Wildman–Crippen MR) is 62.9 cm³/mol. The number of rotatable bonds is 9. The smallest absolute Gasteiger partial charge is 0.280 e. The van der Waals surface area contributed by atoms with Gasteiger partial charge in [-0.2, -0.15) is 65.9 Å². The second-order valence-electron chi connectivity index (χ2n) is 6.14. The molecular weight excluding hydrogens is 652 g/mol. The number of alkyl halides is 24. The molecule has 0 radical (unpaired) electrons. The summed E-state index contributed by atoms with van der Waals surface area (Å²) < 4.78 is 312. The van der Waals surface area contributed by atoms with Gasteiger partial charge in [-0.3, -0.25) is 13.3 Å². The second-order valence-corrected chi connectivity index (χ2v) is 8.50. The van der Waals surface area contributed by atoms with Gasteiger partial charge in [-0.25, -0.2) is 0 Å². The lowest BCUT2D eigenvalue weighted by Gasteiger charge is -2.44. The van der Waals surface area contributed by atoms with E-state index in [9.17, 15) is 105 Å². The first kappa shape index (κ1) is 36.4. The van der Waals surface area contributed by atoms with Gasteiger partial charge in [-0.1, -0.05) is 0 Å². The van der Waals surface area contributed by atoms with Crippen molar-refractivity contribution < 1.29 is 119 Å². The molecule has 230 valence electrons. The maximum absolute atomic E-state index is 14.0. The third-order valence-electron chi connectivity index (χ3n) is 3.46. The van der Waals surface area contributed by atoms with Gasteiger partial charge >= 0.3 is 69.2 Å². The first-order valence-corrected chi connectivity index (χ1v) is 9.24. The van der Waals surface area contributed by atoms with E-state index < -0.39 is 69.2 Å². The van der Waals surface area contributed by atoms with E-state index in [0.717, 1.165) is 0 Å². The monoisotopic (exact) mass is 652 g/mol. The van der Waals surface area contributed by atoms with Crippen molar-refractivity contribution in [1.82, 2.24) is 0 Å². The second kappa shape index (κ2) is 9.23. The fourth-order valence-corrected chi connectivity index (χ4v) is 3.84. The van der Waals surface area contributed by atoms with E-state index in [1.165, 1.54) is 13.3 Å². The molecule has 0 unspecified atom stereocenters. The van der Waals surface area contributed by atoms with Crippen LogP contribution in [-0.4, -0.2) is 69.2 Å². The molecule has 0 aromatic carbocycles. The fraction of sp³-hybridized carbons (Fsp3) is 1.00. The van der Waals surface area contributed by atoms with Gasteiger partial charge in [0.05, 0.1) is 0 Å². The molecule has 0 saturated heterocycles. The first-order valence-electron chi connectivity index (χ1n) is 7.51. The van der Waals surface area contributed by atoms with Gasteiger partial charge < -0.3 is 0 Å². The molecular formula is C10F24O3Si. The molecule has 0 spiro atoms. The van der Waals surface area contributed by atoms with Crippen molar-refractivity contribution in [3.05, 3.63) is 0 Å². The van der Waals surface area contributed by atoms with Gasteiger partial charge in [0.15, 0.2) is 0 Å². The zero-order valence-electron chi connectivity index (χ0n) is 15.8. The zero-order chi connectivity index (χ0) is 31.6. The van der Waals surface area contributed by atoms with E-state index in [1.54, 1.807) is 0 Å². The lowest BCUT2D eigenvalue weighted by atomic mass is 9.94. The van der Waals surface area contributed by atoms with Crippen LogP contribution in [0.4, 0.5) is 105 Å². The third kappa shape index (κ3) is 6.09. The maximum atomic E-state index is 14.0. The Hall–Kier alpha value is -1.58. The Morgan fingerprint density at radius 2 is 0.500 bits per heavy atom. The van der Waals surface area contributed by atoms with Crippen molar-refractivity contribution in [2.75, 3.05) is 0 Å². The van der Waals surface area contributed by atoms with Crippen molar-refractivity contribution in [3.63, 3.8) is 0 Å². The minimum atomic E-state index is -10.3. The number of hydrogen-bond donors (Lipinski definition) is 0. The van der Waals surface area contributed by atoms with E-state index in [-0.39, 0.29) is 0 Å². The topological polar surface area (TPSA) is 27.7 Å². The highest BCUT2D eigenvalue weighted by Crippen LogP contribution is 2.64. The van der Waals surface area contributed by atoms with Crippen molar-refractivity contribution in [3.8, 4) is 0 Å². The summed E-state index contributed by atoms with van der Waals surface area (Å²) in [6.07, 6.45) is -30.9. The molecule has 0 fully saturated rings. The van der Waals surface area contributed by atoms with Gasteiger partial charge in [0.1, 0.15) is 0 Å². The standard InChI is InChI=1S/C10F24O3Si/c11-1(12,2(13,14)4(17,18)6(21,22)23)3(15,16)5(19,20)7(24,25)38(35-8(26,27)28,36-9(29,30)31)37-10(32,33)34. The Morgan fingerprint density at radius 1 is 0.289 bits per heavy atom. The number of hydrogen-bond acceptors (Lipinski definition) is 3. The van der Waals surface area contributed by atoms with Crippen LogP contribution in [0.15, 0.2) is 0 Å². The molecule has 0 N–H and O–H groups in total. The molecule has 0 saturated carbocycles. The largest absolute Gasteiger partial charge is 0.601 e. The summed E-state index contributed by atoms with van der Waals surface area (Å²) in [5.41, 5.74) is -9.02. The van der Waals surface area contributed by atoms with Crippen LogP contribution < -0.4 is 0 Å². The summed E-state index contributed by atoms with van der Waals surface area (Å²) in [6.45, 7) is 0. The van der Waals surface area contributed by atoms with E-state index in [4.69, 9.17) is 0 Å². The molecule has 28 heteroatoms. The Morgan fingerprint density at radius 3 is 0.711 bits per heavy atom. The quantitative estimate of drug-likeness (QED) is 0.192. The lowest BCUT2D eigenvalue weighted by molar-refractivity contribution is -0.454. The van der Waals surface area contributed by atoms with Gasteiger partial charge in [-0.15, -0.1) is 39.5 Å². The third-order valence-corrected chi connectivity index (χ3v) is 6.05. The predicted octanol–water partition coefficient (Wildman–Crippen LogP) is 7.45. The summed E-state index contributed by atoms with van der Waals surface area (Å²) in [5.74, 6) is -45.6. The summed E-state index contributed by atoms with van der Waals surface area (Å²) in [6, 6.07) is 0. The van der Waals surface area contributed by atoms with Crippen molar-refractivity contribution in [2.24, 2.45) is 0 Å². The Balaban J connectivity index is 7.57. The first-order chi connectivity index (χ1) is 15.9. The molecule has 0 aliphatic heterocycles. The molecule has 38 heavy (non-hydrogen) atoms. The van der Waals surface area contributed by atoms with Crippen LogP contribution in [0.25, 0.3) is 0 Å². The van der Waals surface area contributed by atoms with E-state index in [0.29, 0.717) is 0 Å². The molecule has 0 aliphatic carbocycles. The average Bonchev–Trinajstić information content (AvgIpc) is 2.54. The van der Waals surface area contributed by atoms with Crippen molar-refractivity contribution in [1.29, 1.82) is 0 Å². The maximum Gasteiger partial charge on any atom is 0.601 e. The highest BCUT2D eigenvalue weighted by molar-refractivity contribution is 6.64. The normalized spacial score (nSPS) is 16.7. The lowest BCUT2D eigenvalue weighted by Crippen LogP contribution is -2.79. The molecule has 0 aliphatic rings. The van der Waals surface area contributed by atoms with Crippen molar-refractivity contribution >= 4 is 8.80 Å². The van der Waals surface area contributed by atoms with Gasteiger partial charge in [0.25, 0.3) is 0 Å². The van der Waals surface area contributed by atoms with E-state index >= 15 is 0 Å². The average molecular weight is 652 g/mol. The van der Waals surface area contributed by atoms with Crippen LogP contribution in [0, 0.1) is 0 Å². The van der Waals surface area contributed by atoms with E-state index in [2.05, 4.69) is 0 Å². The van der Waals surface area contributed by atoms with Crippen LogP contribution in [0.3, 0.4) is 0 Å². The summed E-state index contributed by atoms with van der Waals surface area (Å²) in [5, 5.41) is 0. The molecule has 0 aromatic rings. The Labute approximate surface area is 189 Å². The minimum Gasteiger partial charge on any atom is -0.280 e. The van der Waals surface area contributed by atoms with Gasteiger partial charge in [-0.05, 0) is 0 Å². The molecule has 0 heterocycles. The molecule has 0 bridgehead atoms. The van der Waals surface area contributed by atoms with Gasteiger partial charge in [0, 0.05) is 0 Å². The summed E-state index contributed by atoms with van der Waals surface area (Å²) >= 11 is 0. The number of halogens is 24. The van der Waals surface area contributed by atoms with E-state index in [1.807, 2.05) is 0 Å². The van der Waals surface area contributed by atoms with Crippen LogP contribution in [0.1, 0.15) is 0 Å². The van der Waals surface area contributed by atoms with Gasteiger partial charge in [0.2, 0.25) is 0 Å². The zero-order valence-corrected chi connectivity index (χ0v) is 16.8. The molecule has 0 atom stereocenters. The minimum absolute atomic E-state index is 1.37. The molecule has 0 aromatic heterocycles. The Bertz CT molecular complexity index is 790. The molecule has 3 nitrogen and oxygen atoms in total. The van der Waals surface area contributed by atoms with Crippen molar-refractivity contribution in [2.45, 2.75) is 60.4 Å². The highest BCUT2D eigenvalue weighted by Gasteiger charge is 2.97. The van der Waals surface area contributed by atoms with Crippen LogP contribution in [0.5, 0.6) is 0 Å². The Kier molecular flexibility index (Phi) is 8.85. The fourth-order valence-electron chi connectivity index (χ4n) is 1.87. The van der Waals surface area contributed by atoms with Crippen LogP contribution in [-0.2, 0) is 13.3 Å². The molecule has 0 rings (SSSR count).